The standard InChI is InChI=1S/C21H28N4O6/c1-2-31-20(26)5-6-21(16-22,24-9-13-30-14-10-24)17-3-4-18(19(15-17)25(27)28)23-7-11-29-12-8-23/h3-4,15H,2,5-14H2,1H3. The minimum absolute atomic E-state index is 0.0395. The van der Waals surface area contributed by atoms with Crippen LogP contribution in [0.25, 0.3) is 0 Å². The molecule has 0 radical (unpaired) electrons. The smallest absolute Gasteiger partial charge is 0.305 e. The summed E-state index contributed by atoms with van der Waals surface area (Å²) >= 11 is 0. The van der Waals surface area contributed by atoms with Crippen molar-refractivity contribution < 1.29 is 23.9 Å². The summed E-state index contributed by atoms with van der Waals surface area (Å²) in [6.45, 7) is 6.04. The molecule has 10 nitrogen and oxygen atoms in total. The number of carbonyl (C=O) groups excluding carboxylic acids is 1. The van der Waals surface area contributed by atoms with Crippen molar-refractivity contribution >= 4 is 17.3 Å². The van der Waals surface area contributed by atoms with Crippen LogP contribution in [-0.2, 0) is 24.5 Å². The molecule has 0 bridgehead atoms. The molecule has 2 saturated heterocycles. The van der Waals surface area contributed by atoms with Crippen LogP contribution in [0, 0.1) is 21.4 Å². The molecule has 10 heteroatoms. The summed E-state index contributed by atoms with van der Waals surface area (Å²) in [5.41, 5.74) is -0.227. The highest BCUT2D eigenvalue weighted by Crippen LogP contribution is 2.39. The van der Waals surface area contributed by atoms with E-state index in [0.717, 1.165) is 0 Å². The molecule has 1 aromatic rings. The number of hydrogen-bond donors (Lipinski definition) is 0. The first-order valence-electron chi connectivity index (χ1n) is 10.5. The molecule has 1 unspecified atom stereocenters. The van der Waals surface area contributed by atoms with Crippen LogP contribution in [0.5, 0.6) is 0 Å². The molecule has 31 heavy (non-hydrogen) atoms. The maximum atomic E-state index is 12.1. The van der Waals surface area contributed by atoms with Crippen LogP contribution >= 0.6 is 0 Å². The van der Waals surface area contributed by atoms with Crippen molar-refractivity contribution in [1.82, 2.24) is 4.90 Å². The first kappa shape index (κ1) is 22.9. The fraction of sp³-hybridized carbons (Fsp3) is 0.619. The average Bonchev–Trinajstić information content (AvgIpc) is 2.81. The Morgan fingerprint density at radius 2 is 1.87 bits per heavy atom. The molecule has 2 aliphatic rings. The molecule has 0 amide bonds. The molecule has 0 saturated carbocycles. The number of rotatable bonds is 8. The van der Waals surface area contributed by atoms with Gasteiger partial charge in [-0.3, -0.25) is 19.8 Å². The fourth-order valence-corrected chi connectivity index (χ4v) is 4.14. The lowest BCUT2D eigenvalue weighted by Gasteiger charge is -2.41. The quantitative estimate of drug-likeness (QED) is 0.344. The van der Waals surface area contributed by atoms with E-state index in [1.165, 1.54) is 6.07 Å². The zero-order valence-corrected chi connectivity index (χ0v) is 17.7. The van der Waals surface area contributed by atoms with E-state index < -0.39 is 16.4 Å². The largest absolute Gasteiger partial charge is 0.466 e. The molecule has 2 aliphatic heterocycles. The van der Waals surface area contributed by atoms with Gasteiger partial charge in [0.2, 0.25) is 0 Å². The first-order chi connectivity index (χ1) is 15.0. The van der Waals surface area contributed by atoms with Crippen LogP contribution in [-0.4, -0.2) is 75.0 Å². The second-order valence-electron chi connectivity index (χ2n) is 7.44. The fourth-order valence-electron chi connectivity index (χ4n) is 4.14. The topological polar surface area (TPSA) is 118 Å². The number of hydrogen-bond acceptors (Lipinski definition) is 9. The summed E-state index contributed by atoms with van der Waals surface area (Å²) in [4.78, 5) is 27.4. The number of anilines is 1. The van der Waals surface area contributed by atoms with Crippen molar-refractivity contribution in [2.45, 2.75) is 25.3 Å². The lowest BCUT2D eigenvalue weighted by Crippen LogP contribution is -2.51. The molecule has 0 aromatic heterocycles. The molecule has 3 rings (SSSR count). The van der Waals surface area contributed by atoms with Gasteiger partial charge in [0.15, 0.2) is 0 Å². The van der Waals surface area contributed by atoms with Gasteiger partial charge in [0, 0.05) is 38.7 Å². The van der Waals surface area contributed by atoms with Crippen LogP contribution in [0.2, 0.25) is 0 Å². The highest BCUT2D eigenvalue weighted by atomic mass is 16.6. The normalized spacial score (nSPS) is 19.3. The Kier molecular flexibility index (Phi) is 7.79. The average molecular weight is 432 g/mol. The first-order valence-corrected chi connectivity index (χ1v) is 10.5. The minimum atomic E-state index is -1.19. The third-order valence-corrected chi connectivity index (χ3v) is 5.73. The number of nitro benzene ring substituents is 1. The van der Waals surface area contributed by atoms with Gasteiger partial charge in [0.25, 0.3) is 5.69 Å². The van der Waals surface area contributed by atoms with Crippen LogP contribution in [0.4, 0.5) is 11.4 Å². The van der Waals surface area contributed by atoms with E-state index in [9.17, 15) is 20.2 Å². The summed E-state index contributed by atoms with van der Waals surface area (Å²) in [6, 6.07) is 7.32. The SMILES string of the molecule is CCOC(=O)CCC(C#N)(c1ccc(N2CCOCC2)c([N+](=O)[O-])c1)N1CCOCC1. The highest BCUT2D eigenvalue weighted by molar-refractivity contribution is 5.70. The number of morpholine rings is 2. The predicted octanol–water partition coefficient (Wildman–Crippen LogP) is 1.83. The number of nitriles is 1. The maximum absolute atomic E-state index is 12.1. The molecule has 0 aliphatic carbocycles. The van der Waals surface area contributed by atoms with Gasteiger partial charge < -0.3 is 19.1 Å². The third-order valence-electron chi connectivity index (χ3n) is 5.73. The Bertz CT molecular complexity index is 830. The highest BCUT2D eigenvalue weighted by Gasteiger charge is 2.41. The van der Waals surface area contributed by atoms with Crippen molar-refractivity contribution in [2.75, 3.05) is 64.1 Å². The second kappa shape index (κ2) is 10.5. The number of nitrogens with zero attached hydrogens (tertiary/aromatic N) is 4. The Balaban J connectivity index is 2.00. The number of benzene rings is 1. The van der Waals surface area contributed by atoms with E-state index in [1.807, 2.05) is 9.80 Å². The third kappa shape index (κ3) is 5.12. The van der Waals surface area contributed by atoms with Gasteiger partial charge in [-0.15, -0.1) is 0 Å². The van der Waals surface area contributed by atoms with Gasteiger partial charge >= 0.3 is 5.97 Å². The molecule has 0 spiro atoms. The molecule has 168 valence electrons. The zero-order valence-electron chi connectivity index (χ0n) is 17.7. The molecular weight excluding hydrogens is 404 g/mol. The Hall–Kier alpha value is -2.74. The number of ether oxygens (including phenoxy) is 3. The molecular formula is C21H28N4O6. The zero-order chi connectivity index (χ0) is 22.3. The molecule has 0 N–H and O–H groups in total. The van der Waals surface area contributed by atoms with Gasteiger partial charge in [0.05, 0.1) is 44.0 Å². The van der Waals surface area contributed by atoms with E-state index in [-0.39, 0.29) is 25.1 Å². The van der Waals surface area contributed by atoms with E-state index >= 15 is 0 Å². The van der Waals surface area contributed by atoms with Crippen molar-refractivity contribution in [3.63, 3.8) is 0 Å². The van der Waals surface area contributed by atoms with E-state index in [4.69, 9.17) is 14.2 Å². The van der Waals surface area contributed by atoms with Crippen LogP contribution in [0.1, 0.15) is 25.3 Å². The van der Waals surface area contributed by atoms with Gasteiger partial charge in [-0.05, 0) is 25.0 Å². The van der Waals surface area contributed by atoms with Gasteiger partial charge in [-0.25, -0.2) is 0 Å². The van der Waals surface area contributed by atoms with Gasteiger partial charge in [0.1, 0.15) is 11.2 Å². The summed E-state index contributed by atoms with van der Waals surface area (Å²) in [6.07, 6.45) is 0.216. The number of carbonyl (C=O) groups is 1. The Morgan fingerprint density at radius 3 is 2.45 bits per heavy atom. The maximum Gasteiger partial charge on any atom is 0.305 e. The molecule has 2 fully saturated rings. The van der Waals surface area contributed by atoms with Crippen molar-refractivity contribution in [1.29, 1.82) is 5.26 Å². The molecule has 1 aromatic carbocycles. The van der Waals surface area contributed by atoms with Crippen molar-refractivity contribution in [3.8, 4) is 6.07 Å². The van der Waals surface area contributed by atoms with Crippen LogP contribution < -0.4 is 4.90 Å². The van der Waals surface area contributed by atoms with Gasteiger partial charge in [-0.2, -0.15) is 5.26 Å². The lowest BCUT2D eigenvalue weighted by molar-refractivity contribution is -0.384. The van der Waals surface area contributed by atoms with Crippen molar-refractivity contribution in [3.05, 3.63) is 33.9 Å². The van der Waals surface area contributed by atoms with E-state index in [2.05, 4.69) is 6.07 Å². The predicted molar refractivity (Wildman–Crippen MR) is 112 cm³/mol. The van der Waals surface area contributed by atoms with Crippen LogP contribution in [0.15, 0.2) is 18.2 Å². The summed E-state index contributed by atoms with van der Waals surface area (Å²) in [7, 11) is 0. The summed E-state index contributed by atoms with van der Waals surface area (Å²) in [5, 5.41) is 22.2. The van der Waals surface area contributed by atoms with E-state index in [0.29, 0.717) is 63.9 Å². The summed E-state index contributed by atoms with van der Waals surface area (Å²) in [5.74, 6) is -0.394. The summed E-state index contributed by atoms with van der Waals surface area (Å²) < 4.78 is 15.8. The molecule has 1 atom stereocenters. The Morgan fingerprint density at radius 1 is 1.23 bits per heavy atom. The van der Waals surface area contributed by atoms with Gasteiger partial charge in [-0.1, -0.05) is 6.07 Å². The van der Waals surface area contributed by atoms with Crippen molar-refractivity contribution in [2.24, 2.45) is 0 Å². The minimum Gasteiger partial charge on any atom is -0.466 e. The monoisotopic (exact) mass is 432 g/mol. The second-order valence-corrected chi connectivity index (χ2v) is 7.44. The van der Waals surface area contributed by atoms with E-state index in [1.54, 1.807) is 19.1 Å². The van der Waals surface area contributed by atoms with Crippen LogP contribution in [0.3, 0.4) is 0 Å². The number of nitro groups is 1. The Labute approximate surface area is 181 Å². The number of esters is 1. The molecule has 2 heterocycles. The lowest BCUT2D eigenvalue weighted by atomic mass is 9.84.